The molecule has 1 amide bonds. The molecule has 1 saturated carbocycles. The Labute approximate surface area is 110 Å². The highest BCUT2D eigenvalue weighted by atomic mass is 32.2. The second kappa shape index (κ2) is 6.02. The highest BCUT2D eigenvalue weighted by Gasteiger charge is 2.23. The topological polar surface area (TPSA) is 75.3 Å². The van der Waals surface area contributed by atoms with Gasteiger partial charge in [-0.3, -0.25) is 4.79 Å². The van der Waals surface area contributed by atoms with Crippen LogP contribution in [0.4, 0.5) is 0 Å². The van der Waals surface area contributed by atoms with Gasteiger partial charge in [0.05, 0.1) is 12.3 Å². The molecular weight excluding hydrogens is 252 g/mol. The highest BCUT2D eigenvalue weighted by Crippen LogP contribution is 2.27. The Morgan fingerprint density at radius 1 is 1.33 bits per heavy atom. The van der Waals surface area contributed by atoms with Crippen molar-refractivity contribution in [1.29, 1.82) is 0 Å². The molecule has 1 fully saturated rings. The van der Waals surface area contributed by atoms with Gasteiger partial charge in [0.2, 0.25) is 5.91 Å². The first-order valence-corrected chi connectivity index (χ1v) is 8.43. The van der Waals surface area contributed by atoms with Gasteiger partial charge in [0, 0.05) is 11.8 Å². The molecule has 0 bridgehead atoms. The van der Waals surface area contributed by atoms with Gasteiger partial charge in [-0.05, 0) is 45.6 Å². The van der Waals surface area contributed by atoms with Gasteiger partial charge >= 0.3 is 0 Å². The molecule has 0 aromatic heterocycles. The van der Waals surface area contributed by atoms with Gasteiger partial charge in [-0.2, -0.15) is 0 Å². The van der Waals surface area contributed by atoms with Gasteiger partial charge in [0.1, 0.15) is 9.84 Å². The number of sulfone groups is 1. The third-order valence-corrected chi connectivity index (χ3v) is 3.94. The van der Waals surface area contributed by atoms with Crippen LogP contribution in [0.3, 0.4) is 0 Å². The van der Waals surface area contributed by atoms with Crippen molar-refractivity contribution in [3.63, 3.8) is 0 Å². The summed E-state index contributed by atoms with van der Waals surface area (Å²) in [4.78, 5) is 11.7. The number of rotatable bonds is 8. The van der Waals surface area contributed by atoms with E-state index < -0.39 is 15.4 Å². The first kappa shape index (κ1) is 15.4. The summed E-state index contributed by atoms with van der Waals surface area (Å²) in [5, 5.41) is 5.97. The Bertz CT molecular complexity index is 386. The van der Waals surface area contributed by atoms with Crippen molar-refractivity contribution in [3.8, 4) is 0 Å². The molecule has 5 nitrogen and oxygen atoms in total. The third kappa shape index (κ3) is 7.66. The van der Waals surface area contributed by atoms with Crippen molar-refractivity contribution in [2.45, 2.75) is 38.6 Å². The molecule has 0 unspecified atom stereocenters. The number of amides is 1. The Morgan fingerprint density at radius 3 is 2.44 bits per heavy atom. The zero-order valence-electron chi connectivity index (χ0n) is 11.5. The van der Waals surface area contributed by atoms with E-state index in [1.807, 2.05) is 13.8 Å². The van der Waals surface area contributed by atoms with Crippen LogP contribution in [0.2, 0.25) is 0 Å². The van der Waals surface area contributed by atoms with E-state index in [-0.39, 0.29) is 11.7 Å². The standard InChI is InChI=1S/C12H24N2O3S/c1-12(2,6-7-18(3,16)17)14-11(15)9-13-8-10-4-5-10/h10,13H,4-9H2,1-3H3,(H,14,15). The molecule has 0 atom stereocenters. The fourth-order valence-corrected chi connectivity index (χ4v) is 2.52. The van der Waals surface area contributed by atoms with E-state index in [2.05, 4.69) is 10.6 Å². The number of hydrogen-bond donors (Lipinski definition) is 2. The monoisotopic (exact) mass is 276 g/mol. The van der Waals surface area contributed by atoms with Gasteiger partial charge in [-0.15, -0.1) is 0 Å². The summed E-state index contributed by atoms with van der Waals surface area (Å²) < 4.78 is 22.2. The maximum atomic E-state index is 11.7. The molecule has 0 radical (unpaired) electrons. The normalized spacial score (nSPS) is 16.6. The van der Waals surface area contributed by atoms with E-state index >= 15 is 0 Å². The molecular formula is C12H24N2O3S. The van der Waals surface area contributed by atoms with Crippen molar-refractivity contribution < 1.29 is 13.2 Å². The van der Waals surface area contributed by atoms with Crippen LogP contribution in [0, 0.1) is 5.92 Å². The molecule has 0 heterocycles. The second-order valence-corrected chi connectivity index (χ2v) is 8.15. The zero-order valence-corrected chi connectivity index (χ0v) is 12.3. The van der Waals surface area contributed by atoms with Crippen LogP contribution in [-0.4, -0.2) is 45.0 Å². The van der Waals surface area contributed by atoms with Gasteiger partial charge in [-0.1, -0.05) is 0 Å². The van der Waals surface area contributed by atoms with Crippen LogP contribution in [0.15, 0.2) is 0 Å². The Balaban J connectivity index is 2.22. The van der Waals surface area contributed by atoms with Crippen LogP contribution in [0.1, 0.15) is 33.1 Å². The average molecular weight is 276 g/mol. The van der Waals surface area contributed by atoms with E-state index in [9.17, 15) is 13.2 Å². The zero-order chi connectivity index (χ0) is 13.8. The van der Waals surface area contributed by atoms with Crippen LogP contribution >= 0.6 is 0 Å². The molecule has 0 aliphatic heterocycles. The molecule has 6 heteroatoms. The summed E-state index contributed by atoms with van der Waals surface area (Å²) in [5.74, 6) is 0.765. The van der Waals surface area contributed by atoms with E-state index in [0.29, 0.717) is 13.0 Å². The van der Waals surface area contributed by atoms with Gasteiger partial charge in [-0.25, -0.2) is 8.42 Å². The molecule has 1 rings (SSSR count). The van der Waals surface area contributed by atoms with Crippen molar-refractivity contribution in [2.24, 2.45) is 5.92 Å². The summed E-state index contributed by atoms with van der Waals surface area (Å²) in [6, 6.07) is 0. The Kier molecular flexibility index (Phi) is 5.16. The third-order valence-electron chi connectivity index (χ3n) is 2.99. The lowest BCUT2D eigenvalue weighted by atomic mass is 10.0. The summed E-state index contributed by atoms with van der Waals surface area (Å²) >= 11 is 0. The fraction of sp³-hybridized carbons (Fsp3) is 0.917. The number of nitrogens with one attached hydrogen (secondary N) is 2. The summed E-state index contributed by atoms with van der Waals surface area (Å²) in [6.45, 7) is 4.89. The van der Waals surface area contributed by atoms with Crippen molar-refractivity contribution in [1.82, 2.24) is 10.6 Å². The van der Waals surface area contributed by atoms with Gasteiger partial charge in [0.15, 0.2) is 0 Å². The van der Waals surface area contributed by atoms with Gasteiger partial charge in [0.25, 0.3) is 0 Å². The van der Waals surface area contributed by atoms with E-state index in [4.69, 9.17) is 0 Å². The molecule has 1 aliphatic rings. The minimum atomic E-state index is -2.98. The largest absolute Gasteiger partial charge is 0.350 e. The van der Waals surface area contributed by atoms with Crippen LogP contribution in [0.25, 0.3) is 0 Å². The van der Waals surface area contributed by atoms with E-state index in [0.717, 1.165) is 12.5 Å². The van der Waals surface area contributed by atoms with E-state index in [1.54, 1.807) is 0 Å². The predicted molar refractivity (Wildman–Crippen MR) is 72.1 cm³/mol. The quantitative estimate of drug-likeness (QED) is 0.669. The Morgan fingerprint density at radius 2 is 1.94 bits per heavy atom. The maximum absolute atomic E-state index is 11.7. The number of carbonyl (C=O) groups excluding carboxylic acids is 1. The van der Waals surface area contributed by atoms with Crippen molar-refractivity contribution in [2.75, 3.05) is 25.1 Å². The molecule has 2 N–H and O–H groups in total. The van der Waals surface area contributed by atoms with Crippen molar-refractivity contribution >= 4 is 15.7 Å². The Hall–Kier alpha value is -0.620. The molecule has 0 aromatic rings. The summed E-state index contributed by atoms with van der Waals surface area (Å²) in [7, 11) is -2.98. The first-order valence-electron chi connectivity index (χ1n) is 6.37. The average Bonchev–Trinajstić information content (AvgIpc) is 2.97. The molecule has 106 valence electrons. The number of carbonyl (C=O) groups is 1. The molecule has 18 heavy (non-hydrogen) atoms. The number of hydrogen-bond acceptors (Lipinski definition) is 4. The fourth-order valence-electron chi connectivity index (χ4n) is 1.64. The summed E-state index contributed by atoms with van der Waals surface area (Å²) in [6.07, 6.45) is 4.16. The smallest absolute Gasteiger partial charge is 0.234 e. The summed E-state index contributed by atoms with van der Waals surface area (Å²) in [5.41, 5.74) is -0.485. The first-order chi connectivity index (χ1) is 8.18. The molecule has 0 saturated heterocycles. The van der Waals surface area contributed by atoms with Gasteiger partial charge < -0.3 is 10.6 Å². The lowest BCUT2D eigenvalue weighted by Crippen LogP contribution is -2.48. The van der Waals surface area contributed by atoms with Crippen LogP contribution in [-0.2, 0) is 14.6 Å². The minimum Gasteiger partial charge on any atom is -0.350 e. The minimum absolute atomic E-state index is 0.0749. The van der Waals surface area contributed by atoms with E-state index in [1.165, 1.54) is 19.1 Å². The van der Waals surface area contributed by atoms with Crippen LogP contribution < -0.4 is 10.6 Å². The predicted octanol–water partition coefficient (Wildman–Crippen LogP) is 0.316. The lowest BCUT2D eigenvalue weighted by molar-refractivity contribution is -0.121. The van der Waals surface area contributed by atoms with Crippen LogP contribution in [0.5, 0.6) is 0 Å². The van der Waals surface area contributed by atoms with Crippen molar-refractivity contribution in [3.05, 3.63) is 0 Å². The second-order valence-electron chi connectivity index (χ2n) is 5.89. The SMILES string of the molecule is CC(C)(CCS(C)(=O)=O)NC(=O)CNCC1CC1. The maximum Gasteiger partial charge on any atom is 0.234 e. The molecule has 0 aromatic carbocycles. The lowest BCUT2D eigenvalue weighted by Gasteiger charge is -2.26. The molecule has 1 aliphatic carbocycles. The highest BCUT2D eigenvalue weighted by molar-refractivity contribution is 7.90. The molecule has 0 spiro atoms.